The van der Waals surface area contributed by atoms with Gasteiger partial charge in [0.2, 0.25) is 5.96 Å². The molecule has 11 heavy (non-hydrogen) atoms. The van der Waals surface area contributed by atoms with Crippen molar-refractivity contribution in [3.8, 4) is 0 Å². The van der Waals surface area contributed by atoms with Gasteiger partial charge in [-0.3, -0.25) is 0 Å². The predicted molar refractivity (Wildman–Crippen MR) is 52.3 cm³/mol. The van der Waals surface area contributed by atoms with Crippen LogP contribution in [0.4, 0.5) is 0 Å². The van der Waals surface area contributed by atoms with Crippen LogP contribution in [0.2, 0.25) is 0 Å². The summed E-state index contributed by atoms with van der Waals surface area (Å²) in [6.45, 7) is 0.962. The van der Waals surface area contributed by atoms with Gasteiger partial charge in [-0.05, 0) is 33.3 Å². The molecule has 0 unspecified atom stereocenters. The van der Waals surface area contributed by atoms with Crippen LogP contribution in [0.25, 0.3) is 0 Å². The molecule has 2 N–H and O–H groups in total. The van der Waals surface area contributed by atoms with Gasteiger partial charge in [0.1, 0.15) is 0 Å². The molecule has 0 aromatic heterocycles. The summed E-state index contributed by atoms with van der Waals surface area (Å²) < 4.78 is 3.38. The summed E-state index contributed by atoms with van der Waals surface area (Å²) in [4.78, 5) is 5.88. The minimum Gasteiger partial charge on any atom is -0.367 e. The first-order valence-corrected chi connectivity index (χ1v) is 3.71. The fourth-order valence-corrected chi connectivity index (χ4v) is 0.551. The van der Waals surface area contributed by atoms with Crippen molar-refractivity contribution < 1.29 is 0 Å². The Labute approximate surface area is 72.7 Å². The lowest BCUT2D eigenvalue weighted by molar-refractivity contribution is 0.423. The zero-order valence-corrected chi connectivity index (χ0v) is 7.75. The van der Waals surface area contributed by atoms with E-state index < -0.39 is 0 Å². The fraction of sp³-hybridized carbons (Fsp3) is 0.667. The van der Waals surface area contributed by atoms with E-state index in [0.717, 1.165) is 13.0 Å². The van der Waals surface area contributed by atoms with Gasteiger partial charge in [0.25, 0.3) is 0 Å². The van der Waals surface area contributed by atoms with Crippen molar-refractivity contribution in [1.82, 2.24) is 4.90 Å². The molecule has 0 bridgehead atoms. The summed E-state index contributed by atoms with van der Waals surface area (Å²) in [5, 5.41) is 0. The van der Waals surface area contributed by atoms with Crippen LogP contribution < -0.4 is 5.73 Å². The molecule has 0 rings (SSSR count). The SMILES string of the molecule is CN(C)CCC=NC(N)=NS. The van der Waals surface area contributed by atoms with Crippen LogP contribution in [-0.4, -0.2) is 37.7 Å². The van der Waals surface area contributed by atoms with Crippen molar-refractivity contribution in [3.63, 3.8) is 0 Å². The first-order chi connectivity index (χ1) is 5.16. The second kappa shape index (κ2) is 6.18. The molecule has 0 spiro atoms. The molecule has 0 radical (unpaired) electrons. The average Bonchev–Trinajstić information content (AvgIpc) is 1.97. The third-order valence-electron chi connectivity index (χ3n) is 1.03. The number of nitrogens with two attached hydrogens (primary N) is 1. The number of thiol groups is 1. The first kappa shape index (κ1) is 10.4. The highest BCUT2D eigenvalue weighted by Gasteiger charge is 1.86. The molecule has 0 aliphatic heterocycles. The summed E-state index contributed by atoms with van der Waals surface area (Å²) >= 11 is 3.60. The predicted octanol–water partition coefficient (Wildman–Crippen LogP) is 0.168. The Morgan fingerprint density at radius 2 is 2.27 bits per heavy atom. The van der Waals surface area contributed by atoms with E-state index in [4.69, 9.17) is 5.73 Å². The Hall–Kier alpha value is -0.550. The van der Waals surface area contributed by atoms with Crippen molar-refractivity contribution in [2.75, 3.05) is 20.6 Å². The molecule has 0 heterocycles. The Bertz CT molecular complexity index is 153. The normalized spacial score (nSPS) is 13.3. The lowest BCUT2D eigenvalue weighted by atomic mass is 10.4. The summed E-state index contributed by atoms with van der Waals surface area (Å²) in [6, 6.07) is 0. The quantitative estimate of drug-likeness (QED) is 0.364. The van der Waals surface area contributed by atoms with Gasteiger partial charge >= 0.3 is 0 Å². The molecule has 0 amide bonds. The lowest BCUT2D eigenvalue weighted by Crippen LogP contribution is -2.14. The maximum atomic E-state index is 5.25. The van der Waals surface area contributed by atoms with Gasteiger partial charge in [0, 0.05) is 12.8 Å². The van der Waals surface area contributed by atoms with Crippen LogP contribution in [0.15, 0.2) is 9.39 Å². The summed E-state index contributed by atoms with van der Waals surface area (Å²) in [7, 11) is 4.01. The smallest absolute Gasteiger partial charge is 0.226 e. The van der Waals surface area contributed by atoms with Crippen LogP contribution in [0.3, 0.4) is 0 Å². The maximum absolute atomic E-state index is 5.25. The Morgan fingerprint density at radius 1 is 1.64 bits per heavy atom. The number of aliphatic imine (C=N–C) groups is 1. The summed E-state index contributed by atoms with van der Waals surface area (Å²) in [5.74, 6) is 0.201. The second-order valence-electron chi connectivity index (χ2n) is 2.36. The minimum absolute atomic E-state index is 0.201. The Kier molecular flexibility index (Phi) is 5.87. The van der Waals surface area contributed by atoms with Gasteiger partial charge in [0.05, 0.1) is 0 Å². The van der Waals surface area contributed by atoms with E-state index in [0.29, 0.717) is 0 Å². The highest BCUT2D eigenvalue weighted by atomic mass is 32.1. The lowest BCUT2D eigenvalue weighted by Gasteiger charge is -2.04. The minimum atomic E-state index is 0.201. The van der Waals surface area contributed by atoms with Crippen molar-refractivity contribution >= 4 is 25.0 Å². The average molecular weight is 174 g/mol. The van der Waals surface area contributed by atoms with Crippen LogP contribution in [0.1, 0.15) is 6.42 Å². The molecule has 0 aromatic rings. The molecule has 64 valence electrons. The van der Waals surface area contributed by atoms with Gasteiger partial charge in [0.15, 0.2) is 0 Å². The molecule has 0 saturated carbocycles. The van der Waals surface area contributed by atoms with Gasteiger partial charge in [-0.15, -0.1) is 0 Å². The second-order valence-corrected chi connectivity index (χ2v) is 2.56. The number of nitrogens with zero attached hydrogens (tertiary/aromatic N) is 3. The Balaban J connectivity index is 3.45. The van der Waals surface area contributed by atoms with Gasteiger partial charge in [-0.2, -0.15) is 4.40 Å². The zero-order chi connectivity index (χ0) is 8.69. The molecule has 0 aromatic carbocycles. The van der Waals surface area contributed by atoms with Gasteiger partial charge in [-0.1, -0.05) is 0 Å². The topological polar surface area (TPSA) is 54.0 Å². The number of hydrogen-bond acceptors (Lipinski definition) is 3. The highest BCUT2D eigenvalue weighted by Crippen LogP contribution is 1.81. The largest absolute Gasteiger partial charge is 0.367 e. The van der Waals surface area contributed by atoms with Crippen LogP contribution in [0, 0.1) is 0 Å². The maximum Gasteiger partial charge on any atom is 0.226 e. The number of hydrogen-bond donors (Lipinski definition) is 2. The highest BCUT2D eigenvalue weighted by molar-refractivity contribution is 7.79. The van der Waals surface area contributed by atoms with E-state index in [1.165, 1.54) is 0 Å². The monoisotopic (exact) mass is 174 g/mol. The molecule has 0 fully saturated rings. The standard InChI is InChI=1S/C6H14N4S/c1-10(2)5-3-4-8-6(7)9-11/h4,11H,3,5H2,1-2H3,(H2,7,9). The molecular formula is C6H14N4S. The summed E-state index contributed by atoms with van der Waals surface area (Å²) in [5.41, 5.74) is 5.25. The number of rotatable bonds is 3. The molecule has 0 atom stereocenters. The van der Waals surface area contributed by atoms with Crippen molar-refractivity contribution in [1.29, 1.82) is 0 Å². The van der Waals surface area contributed by atoms with Gasteiger partial charge < -0.3 is 10.6 Å². The Morgan fingerprint density at radius 3 is 2.73 bits per heavy atom. The van der Waals surface area contributed by atoms with E-state index >= 15 is 0 Å². The van der Waals surface area contributed by atoms with Crippen LogP contribution in [0.5, 0.6) is 0 Å². The summed E-state index contributed by atoms with van der Waals surface area (Å²) in [6.07, 6.45) is 2.60. The molecule has 0 aliphatic carbocycles. The van der Waals surface area contributed by atoms with Crippen molar-refractivity contribution in [2.45, 2.75) is 6.42 Å². The van der Waals surface area contributed by atoms with Crippen LogP contribution in [-0.2, 0) is 0 Å². The molecule has 5 heteroatoms. The third-order valence-corrected chi connectivity index (χ3v) is 1.24. The molecular weight excluding hydrogens is 160 g/mol. The van der Waals surface area contributed by atoms with E-state index in [2.05, 4.69) is 27.1 Å². The van der Waals surface area contributed by atoms with E-state index in [1.807, 2.05) is 14.1 Å². The third kappa shape index (κ3) is 7.35. The van der Waals surface area contributed by atoms with Crippen molar-refractivity contribution in [3.05, 3.63) is 0 Å². The van der Waals surface area contributed by atoms with Gasteiger partial charge in [-0.25, -0.2) is 4.99 Å². The molecule has 0 saturated heterocycles. The van der Waals surface area contributed by atoms with E-state index in [1.54, 1.807) is 6.21 Å². The first-order valence-electron chi connectivity index (χ1n) is 3.31. The van der Waals surface area contributed by atoms with Crippen molar-refractivity contribution in [2.24, 2.45) is 15.1 Å². The van der Waals surface area contributed by atoms with Crippen LogP contribution >= 0.6 is 12.8 Å². The molecule has 4 nitrogen and oxygen atoms in total. The van der Waals surface area contributed by atoms with E-state index in [9.17, 15) is 0 Å². The number of guanidine groups is 1. The van der Waals surface area contributed by atoms with E-state index in [-0.39, 0.29) is 5.96 Å². The fourth-order valence-electron chi connectivity index (χ4n) is 0.500. The zero-order valence-electron chi connectivity index (χ0n) is 6.86. The molecule has 0 aliphatic rings.